The van der Waals surface area contributed by atoms with Crippen LogP contribution in [0.25, 0.3) is 0 Å². The summed E-state index contributed by atoms with van der Waals surface area (Å²) in [7, 11) is 5.23. The van der Waals surface area contributed by atoms with Crippen molar-refractivity contribution in [2.45, 2.75) is 0 Å². The lowest BCUT2D eigenvalue weighted by Crippen LogP contribution is -2.29. The Morgan fingerprint density at radius 1 is 0.955 bits per heavy atom. The van der Waals surface area contributed by atoms with Crippen molar-refractivity contribution in [3.8, 4) is 5.75 Å². The van der Waals surface area contributed by atoms with Crippen LogP contribution < -0.4 is 14.5 Å². The summed E-state index contributed by atoms with van der Waals surface area (Å²) < 4.78 is 5.41. The van der Waals surface area contributed by atoms with Crippen LogP contribution in [-0.4, -0.2) is 33.0 Å². The number of para-hydroxylation sites is 1. The van der Waals surface area contributed by atoms with Gasteiger partial charge < -0.3 is 9.64 Å². The molecule has 0 radical (unpaired) electrons. The van der Waals surface area contributed by atoms with Gasteiger partial charge in [-0.2, -0.15) is 0 Å². The Kier molecular flexibility index (Phi) is 3.33. The van der Waals surface area contributed by atoms with E-state index in [9.17, 15) is 9.59 Å². The highest BCUT2D eigenvalue weighted by Gasteiger charge is 2.40. The summed E-state index contributed by atoms with van der Waals surface area (Å²) in [5.74, 6) is -0.249. The van der Waals surface area contributed by atoms with Crippen molar-refractivity contribution in [1.82, 2.24) is 0 Å². The molecule has 2 amide bonds. The molecule has 0 bridgehead atoms. The molecular weight excluding hydrogens is 280 g/mol. The van der Waals surface area contributed by atoms with Crippen molar-refractivity contribution in [2.24, 2.45) is 0 Å². The normalized spacial score (nSPS) is 13.3. The molecule has 0 N–H and O–H groups in total. The van der Waals surface area contributed by atoms with Gasteiger partial charge in [-0.3, -0.25) is 9.59 Å². The first-order chi connectivity index (χ1) is 10.6. The number of benzene rings is 2. The smallest absolute Gasteiger partial charge is 0.270 e. The fourth-order valence-corrected chi connectivity index (χ4v) is 2.66. The minimum absolute atomic E-state index is 0.322. The number of imide groups is 1. The average molecular weight is 296 g/mol. The van der Waals surface area contributed by atoms with Crippen LogP contribution in [0.2, 0.25) is 0 Å². The number of methoxy groups -OCH3 is 1. The molecule has 2 aromatic rings. The van der Waals surface area contributed by atoms with E-state index in [1.807, 2.05) is 25.1 Å². The van der Waals surface area contributed by atoms with Gasteiger partial charge in [0, 0.05) is 14.1 Å². The van der Waals surface area contributed by atoms with Gasteiger partial charge in [0.25, 0.3) is 11.8 Å². The molecule has 3 rings (SSSR count). The van der Waals surface area contributed by atoms with Crippen LogP contribution in [0, 0.1) is 0 Å². The van der Waals surface area contributed by atoms with Crippen molar-refractivity contribution in [2.75, 3.05) is 31.0 Å². The summed E-state index contributed by atoms with van der Waals surface area (Å²) in [5, 5.41) is 0. The number of nitrogens with zero attached hydrogens (tertiary/aromatic N) is 2. The van der Waals surface area contributed by atoms with Gasteiger partial charge in [0.15, 0.2) is 5.75 Å². The fraction of sp³-hybridized carbons (Fsp3) is 0.176. The van der Waals surface area contributed by atoms with Gasteiger partial charge in [-0.25, -0.2) is 4.90 Å². The second-order valence-corrected chi connectivity index (χ2v) is 5.22. The summed E-state index contributed by atoms with van der Waals surface area (Å²) in [6, 6.07) is 12.4. The Morgan fingerprint density at radius 2 is 1.64 bits per heavy atom. The zero-order valence-corrected chi connectivity index (χ0v) is 12.7. The van der Waals surface area contributed by atoms with Gasteiger partial charge in [0.2, 0.25) is 0 Å². The summed E-state index contributed by atoms with van der Waals surface area (Å²) in [4.78, 5) is 28.4. The molecule has 0 atom stereocenters. The summed E-state index contributed by atoms with van der Waals surface area (Å²) >= 11 is 0. The highest BCUT2D eigenvalue weighted by molar-refractivity contribution is 6.35. The number of anilines is 2. The Hall–Kier alpha value is -2.82. The largest absolute Gasteiger partial charge is 0.494 e. The maximum atomic E-state index is 12.8. The number of hydrogen-bond donors (Lipinski definition) is 0. The third-order valence-corrected chi connectivity index (χ3v) is 3.69. The molecule has 0 saturated carbocycles. The Morgan fingerprint density at radius 3 is 2.23 bits per heavy atom. The Labute approximate surface area is 128 Å². The molecule has 5 heteroatoms. The lowest BCUT2D eigenvalue weighted by Gasteiger charge is -2.18. The number of carbonyl (C=O) groups excluding carboxylic acids is 2. The van der Waals surface area contributed by atoms with Crippen LogP contribution in [0.3, 0.4) is 0 Å². The number of fused-ring (bicyclic) bond motifs is 1. The maximum absolute atomic E-state index is 12.8. The number of rotatable bonds is 3. The Bertz CT molecular complexity index is 754. The fourth-order valence-electron chi connectivity index (χ4n) is 2.66. The maximum Gasteiger partial charge on any atom is 0.270 e. The van der Waals surface area contributed by atoms with Crippen molar-refractivity contribution in [1.29, 1.82) is 0 Å². The topological polar surface area (TPSA) is 49.9 Å². The highest BCUT2D eigenvalue weighted by Crippen LogP contribution is 2.39. The average Bonchev–Trinajstić information content (AvgIpc) is 2.78. The van der Waals surface area contributed by atoms with E-state index in [1.54, 1.807) is 36.4 Å². The molecule has 0 unspecified atom stereocenters. The van der Waals surface area contributed by atoms with Gasteiger partial charge in [-0.1, -0.05) is 18.2 Å². The minimum atomic E-state index is -0.355. The van der Waals surface area contributed by atoms with Crippen molar-refractivity contribution < 1.29 is 14.3 Å². The van der Waals surface area contributed by atoms with E-state index in [1.165, 1.54) is 12.0 Å². The van der Waals surface area contributed by atoms with Gasteiger partial charge in [0.1, 0.15) is 0 Å². The van der Waals surface area contributed by atoms with Crippen LogP contribution in [0.15, 0.2) is 42.5 Å². The van der Waals surface area contributed by atoms with E-state index in [0.717, 1.165) is 5.69 Å². The molecule has 112 valence electrons. The molecule has 1 aliphatic heterocycles. The van der Waals surface area contributed by atoms with Crippen LogP contribution in [0.5, 0.6) is 5.75 Å². The van der Waals surface area contributed by atoms with Crippen LogP contribution >= 0.6 is 0 Å². The number of ether oxygens (including phenoxy) is 1. The zero-order valence-electron chi connectivity index (χ0n) is 12.7. The molecule has 0 spiro atoms. The van der Waals surface area contributed by atoms with Gasteiger partial charge >= 0.3 is 0 Å². The standard InChI is InChI=1S/C17H16N2O3/c1-18(2)13-10-9-12-14(15(13)22-3)17(21)19(16(12)20)11-7-5-4-6-8-11/h4-10H,1-3H3. The monoisotopic (exact) mass is 296 g/mol. The summed E-state index contributed by atoms with van der Waals surface area (Å²) in [6.45, 7) is 0. The summed E-state index contributed by atoms with van der Waals surface area (Å²) in [6.07, 6.45) is 0. The third-order valence-electron chi connectivity index (χ3n) is 3.69. The van der Waals surface area contributed by atoms with Gasteiger partial charge in [-0.05, 0) is 24.3 Å². The molecule has 1 heterocycles. The van der Waals surface area contributed by atoms with E-state index < -0.39 is 0 Å². The molecule has 0 aliphatic carbocycles. The van der Waals surface area contributed by atoms with E-state index in [2.05, 4.69) is 0 Å². The predicted octanol–water partition coefficient (Wildman–Crippen LogP) is 2.56. The third kappa shape index (κ3) is 1.94. The molecule has 1 aliphatic rings. The zero-order chi connectivity index (χ0) is 15.9. The van der Waals surface area contributed by atoms with Crippen LogP contribution in [-0.2, 0) is 0 Å². The van der Waals surface area contributed by atoms with Crippen molar-refractivity contribution in [3.05, 3.63) is 53.6 Å². The molecule has 0 fully saturated rings. The molecule has 0 saturated heterocycles. The SMILES string of the molecule is COc1c(N(C)C)ccc2c1C(=O)N(c1ccccc1)C2=O. The first kappa shape index (κ1) is 14.1. The van der Waals surface area contributed by atoms with Gasteiger partial charge in [0.05, 0.1) is 29.6 Å². The molecule has 22 heavy (non-hydrogen) atoms. The number of amides is 2. The van der Waals surface area contributed by atoms with E-state index in [-0.39, 0.29) is 11.8 Å². The second-order valence-electron chi connectivity index (χ2n) is 5.22. The minimum Gasteiger partial charge on any atom is -0.494 e. The van der Waals surface area contributed by atoms with E-state index >= 15 is 0 Å². The molecule has 0 aromatic heterocycles. The van der Waals surface area contributed by atoms with E-state index in [0.29, 0.717) is 22.6 Å². The molecular formula is C17H16N2O3. The molecule has 5 nitrogen and oxygen atoms in total. The lowest BCUT2D eigenvalue weighted by molar-refractivity contribution is 0.0925. The Balaban J connectivity index is 2.18. The predicted molar refractivity (Wildman–Crippen MR) is 84.9 cm³/mol. The lowest BCUT2D eigenvalue weighted by atomic mass is 10.1. The number of hydrogen-bond acceptors (Lipinski definition) is 4. The number of carbonyl (C=O) groups is 2. The quantitative estimate of drug-likeness (QED) is 0.817. The first-order valence-corrected chi connectivity index (χ1v) is 6.88. The van der Waals surface area contributed by atoms with Crippen LogP contribution in [0.1, 0.15) is 20.7 Å². The van der Waals surface area contributed by atoms with Crippen LogP contribution in [0.4, 0.5) is 11.4 Å². The van der Waals surface area contributed by atoms with Crippen molar-refractivity contribution in [3.63, 3.8) is 0 Å². The highest BCUT2D eigenvalue weighted by atomic mass is 16.5. The molecule has 2 aromatic carbocycles. The van der Waals surface area contributed by atoms with Gasteiger partial charge in [-0.15, -0.1) is 0 Å². The summed E-state index contributed by atoms with van der Waals surface area (Å²) in [5.41, 5.74) is 2.01. The van der Waals surface area contributed by atoms with E-state index in [4.69, 9.17) is 4.74 Å². The first-order valence-electron chi connectivity index (χ1n) is 6.88. The second kappa shape index (κ2) is 5.18. The van der Waals surface area contributed by atoms with Crippen molar-refractivity contribution >= 4 is 23.2 Å².